The Bertz CT molecular complexity index is 830. The highest BCUT2D eigenvalue weighted by atomic mass is 32.1. The van der Waals surface area contributed by atoms with E-state index in [0.29, 0.717) is 0 Å². The first-order valence-corrected chi connectivity index (χ1v) is 8.08. The van der Waals surface area contributed by atoms with Gasteiger partial charge in [-0.2, -0.15) is 0 Å². The largest absolute Gasteiger partial charge is 0.143 e. The zero-order chi connectivity index (χ0) is 14.0. The Balaban J connectivity index is 1.95. The van der Waals surface area contributed by atoms with E-state index in [0.717, 1.165) is 17.7 Å². The predicted octanol–water partition coefficient (Wildman–Crippen LogP) is 5.14. The van der Waals surface area contributed by atoms with Crippen molar-refractivity contribution in [3.8, 4) is 0 Å². The van der Waals surface area contributed by atoms with E-state index in [1.807, 2.05) is 0 Å². The molecule has 102 valence electrons. The van der Waals surface area contributed by atoms with Crippen LogP contribution in [-0.2, 0) is 6.42 Å². The fourth-order valence-electron chi connectivity index (χ4n) is 4.51. The molecule has 5 rings (SSSR count). The minimum atomic E-state index is 0.0645. The molecule has 0 aromatic heterocycles. The maximum absolute atomic E-state index is 4.64. The number of hydrogen-bond donors (Lipinski definition) is 1. The van der Waals surface area contributed by atoms with Gasteiger partial charge in [0.1, 0.15) is 0 Å². The molecule has 0 amide bonds. The van der Waals surface area contributed by atoms with Crippen molar-refractivity contribution in [1.82, 2.24) is 0 Å². The highest BCUT2D eigenvalue weighted by molar-refractivity contribution is 7.80. The Morgan fingerprint density at radius 2 is 2.00 bits per heavy atom. The van der Waals surface area contributed by atoms with Crippen LogP contribution >= 0.6 is 12.6 Å². The van der Waals surface area contributed by atoms with E-state index in [9.17, 15) is 0 Å². The number of rotatable bonds is 0. The lowest BCUT2D eigenvalue weighted by Gasteiger charge is -2.42. The van der Waals surface area contributed by atoms with Gasteiger partial charge < -0.3 is 0 Å². The molecular formula is C20H16S. The summed E-state index contributed by atoms with van der Waals surface area (Å²) in [6, 6.07) is 4.52. The molecule has 0 nitrogen and oxygen atoms in total. The number of allylic oxidation sites excluding steroid dienone is 10. The van der Waals surface area contributed by atoms with Crippen molar-refractivity contribution >= 4 is 23.8 Å². The van der Waals surface area contributed by atoms with Gasteiger partial charge in [-0.05, 0) is 64.8 Å². The van der Waals surface area contributed by atoms with Crippen LogP contribution in [0, 0.1) is 5.41 Å². The minimum absolute atomic E-state index is 0.0645. The van der Waals surface area contributed by atoms with Crippen molar-refractivity contribution in [3.63, 3.8) is 0 Å². The minimum Gasteiger partial charge on any atom is -0.143 e. The van der Waals surface area contributed by atoms with Crippen molar-refractivity contribution < 1.29 is 0 Å². The Kier molecular flexibility index (Phi) is 2.22. The molecular weight excluding hydrogens is 272 g/mol. The molecule has 0 saturated carbocycles. The lowest BCUT2D eigenvalue weighted by Crippen LogP contribution is -2.28. The van der Waals surface area contributed by atoms with Gasteiger partial charge in [-0.15, -0.1) is 12.6 Å². The Morgan fingerprint density at radius 1 is 1.05 bits per heavy atom. The summed E-state index contributed by atoms with van der Waals surface area (Å²) in [4.78, 5) is 1.09. The third kappa shape index (κ3) is 1.38. The highest BCUT2D eigenvalue weighted by Gasteiger charge is 2.44. The summed E-state index contributed by atoms with van der Waals surface area (Å²) in [6.45, 7) is 0. The molecule has 21 heavy (non-hydrogen) atoms. The van der Waals surface area contributed by atoms with Crippen molar-refractivity contribution in [2.75, 3.05) is 0 Å². The first-order valence-electron chi connectivity index (χ1n) is 7.63. The van der Waals surface area contributed by atoms with Gasteiger partial charge in [0, 0.05) is 10.3 Å². The van der Waals surface area contributed by atoms with E-state index in [1.165, 1.54) is 34.3 Å². The predicted molar refractivity (Wildman–Crippen MR) is 91.4 cm³/mol. The van der Waals surface area contributed by atoms with Crippen molar-refractivity contribution in [2.24, 2.45) is 5.41 Å². The maximum Gasteiger partial charge on any atom is 0.0428 e. The second kappa shape index (κ2) is 3.92. The van der Waals surface area contributed by atoms with Gasteiger partial charge in [-0.3, -0.25) is 0 Å². The fraction of sp³-hybridized carbons (Fsp3) is 0.200. The summed E-state index contributed by atoms with van der Waals surface area (Å²) in [6.07, 6.45) is 19.4. The summed E-state index contributed by atoms with van der Waals surface area (Å²) in [7, 11) is 0. The molecule has 4 aliphatic rings. The summed E-state index contributed by atoms with van der Waals surface area (Å²) >= 11 is 4.64. The SMILES string of the molecule is Sc1cc2c3c(c1)C1=CC=CCC14C=CC=CC4=C3CC2. The molecule has 0 aliphatic heterocycles. The molecule has 1 aromatic rings. The van der Waals surface area contributed by atoms with Gasteiger partial charge in [-0.1, -0.05) is 42.5 Å². The van der Waals surface area contributed by atoms with Gasteiger partial charge in [-0.25, -0.2) is 0 Å². The van der Waals surface area contributed by atoms with Crippen LogP contribution in [0.15, 0.2) is 65.1 Å². The van der Waals surface area contributed by atoms with Gasteiger partial charge in [0.25, 0.3) is 0 Å². The van der Waals surface area contributed by atoms with E-state index < -0.39 is 0 Å². The van der Waals surface area contributed by atoms with Gasteiger partial charge in [0.15, 0.2) is 0 Å². The highest BCUT2D eigenvalue weighted by Crippen LogP contribution is 2.59. The molecule has 1 unspecified atom stereocenters. The molecule has 1 aromatic carbocycles. The van der Waals surface area contributed by atoms with Crippen LogP contribution in [-0.4, -0.2) is 0 Å². The van der Waals surface area contributed by atoms with E-state index in [4.69, 9.17) is 0 Å². The summed E-state index contributed by atoms with van der Waals surface area (Å²) in [5, 5.41) is 0. The van der Waals surface area contributed by atoms with Gasteiger partial charge in [0.05, 0.1) is 0 Å². The fourth-order valence-corrected chi connectivity index (χ4v) is 4.79. The average Bonchev–Trinajstić information content (AvgIpc) is 2.91. The quantitative estimate of drug-likeness (QED) is 0.627. The maximum atomic E-state index is 4.64. The van der Waals surface area contributed by atoms with E-state index >= 15 is 0 Å². The first kappa shape index (κ1) is 11.9. The van der Waals surface area contributed by atoms with Gasteiger partial charge >= 0.3 is 0 Å². The van der Waals surface area contributed by atoms with Crippen LogP contribution < -0.4 is 0 Å². The summed E-state index contributed by atoms with van der Waals surface area (Å²) in [5.74, 6) is 0. The molecule has 0 bridgehead atoms. The smallest absolute Gasteiger partial charge is 0.0428 e. The number of benzene rings is 1. The average molecular weight is 288 g/mol. The van der Waals surface area contributed by atoms with Crippen molar-refractivity contribution in [2.45, 2.75) is 24.2 Å². The van der Waals surface area contributed by atoms with E-state index in [1.54, 1.807) is 5.57 Å². The Labute approximate surface area is 130 Å². The standard InChI is InChI=1S/C20H16S/c21-14-11-13-7-8-15-17-5-1-3-9-20(17)10-4-2-6-18(20)16(12-14)19(13)15/h1-6,9,11-12,21H,7-8,10H2. The van der Waals surface area contributed by atoms with Crippen LogP contribution in [0.5, 0.6) is 0 Å². The molecule has 0 N–H and O–H groups in total. The van der Waals surface area contributed by atoms with Gasteiger partial charge in [0.2, 0.25) is 0 Å². The molecule has 1 heteroatoms. The van der Waals surface area contributed by atoms with E-state index in [2.05, 4.69) is 67.3 Å². The van der Waals surface area contributed by atoms with E-state index in [-0.39, 0.29) is 5.41 Å². The zero-order valence-electron chi connectivity index (χ0n) is 11.8. The molecule has 0 heterocycles. The number of aryl methyl sites for hydroxylation is 1. The monoisotopic (exact) mass is 288 g/mol. The van der Waals surface area contributed by atoms with Crippen molar-refractivity contribution in [1.29, 1.82) is 0 Å². The number of hydrogen-bond acceptors (Lipinski definition) is 1. The Morgan fingerprint density at radius 3 is 2.95 bits per heavy atom. The summed E-state index contributed by atoms with van der Waals surface area (Å²) in [5.41, 5.74) is 9.01. The second-order valence-electron chi connectivity index (χ2n) is 6.32. The van der Waals surface area contributed by atoms with Crippen LogP contribution in [0.4, 0.5) is 0 Å². The Hall–Kier alpha value is -1.73. The van der Waals surface area contributed by atoms with Crippen LogP contribution in [0.25, 0.3) is 11.1 Å². The topological polar surface area (TPSA) is 0 Å². The van der Waals surface area contributed by atoms with Crippen molar-refractivity contribution in [3.05, 3.63) is 76.9 Å². The molecule has 4 aliphatic carbocycles. The molecule has 1 atom stereocenters. The molecule has 0 radical (unpaired) electrons. The van der Waals surface area contributed by atoms with Crippen LogP contribution in [0.1, 0.15) is 29.5 Å². The third-order valence-corrected chi connectivity index (χ3v) is 5.58. The molecule has 0 fully saturated rings. The molecule has 0 saturated heterocycles. The third-order valence-electron chi connectivity index (χ3n) is 5.32. The van der Waals surface area contributed by atoms with Crippen LogP contribution in [0.2, 0.25) is 0 Å². The zero-order valence-corrected chi connectivity index (χ0v) is 12.7. The number of fused-ring (bicyclic) bond motifs is 1. The first-order chi connectivity index (χ1) is 10.3. The number of thiol groups is 1. The second-order valence-corrected chi connectivity index (χ2v) is 6.84. The molecule has 1 spiro atoms. The normalized spacial score (nSPS) is 27.4. The lowest BCUT2D eigenvalue weighted by atomic mass is 9.60. The lowest BCUT2D eigenvalue weighted by molar-refractivity contribution is 0.619. The summed E-state index contributed by atoms with van der Waals surface area (Å²) < 4.78 is 0. The van der Waals surface area contributed by atoms with Crippen LogP contribution in [0.3, 0.4) is 0 Å².